The Labute approximate surface area is 197 Å². The molecule has 0 aromatic heterocycles. The van der Waals surface area contributed by atoms with Crippen molar-refractivity contribution < 1.29 is 9.59 Å². The van der Waals surface area contributed by atoms with Crippen molar-refractivity contribution >= 4 is 62.3 Å². The van der Waals surface area contributed by atoms with Crippen LogP contribution >= 0.6 is 50.5 Å². The molecule has 3 aromatic carbocycles. The summed E-state index contributed by atoms with van der Waals surface area (Å²) in [6.45, 7) is 0.764. The molecule has 0 saturated heterocycles. The van der Waals surface area contributed by atoms with Crippen molar-refractivity contribution in [3.05, 3.63) is 82.9 Å². The van der Waals surface area contributed by atoms with Crippen molar-refractivity contribution in [2.75, 3.05) is 0 Å². The van der Waals surface area contributed by atoms with Crippen molar-refractivity contribution in [1.29, 1.82) is 0 Å². The molecule has 0 fully saturated rings. The monoisotopic (exact) mass is 472 g/mol. The van der Waals surface area contributed by atoms with E-state index >= 15 is 0 Å². The average molecular weight is 473 g/mol. The molecule has 0 unspecified atom stereocenters. The highest BCUT2D eigenvalue weighted by Gasteiger charge is 2.12. The van der Waals surface area contributed by atoms with Crippen molar-refractivity contribution in [2.24, 2.45) is 0 Å². The van der Waals surface area contributed by atoms with E-state index in [1.54, 1.807) is 36.4 Å². The molecule has 30 heavy (non-hydrogen) atoms. The van der Waals surface area contributed by atoms with Crippen LogP contribution in [0, 0.1) is 0 Å². The van der Waals surface area contributed by atoms with Crippen LogP contribution in [0.25, 0.3) is 0 Å². The fraction of sp³-hybridized carbons (Fsp3) is 0.0909. The van der Waals surface area contributed by atoms with Crippen molar-refractivity contribution in [3.8, 4) is 0 Å². The summed E-state index contributed by atoms with van der Waals surface area (Å²) in [5.41, 5.74) is 2.86. The number of carbonyl (C=O) groups excluding carboxylic acids is 2. The molecule has 2 N–H and O–H groups in total. The fourth-order valence-electron chi connectivity index (χ4n) is 2.76. The maximum atomic E-state index is 12.4. The van der Waals surface area contributed by atoms with Crippen LogP contribution in [0.15, 0.2) is 80.2 Å². The zero-order valence-corrected chi connectivity index (χ0v) is 19.4. The third-order valence-electron chi connectivity index (χ3n) is 4.45. The molecule has 0 heterocycles. The maximum absolute atomic E-state index is 12.4. The molecule has 0 aliphatic carbocycles. The molecule has 0 bridgehead atoms. The lowest BCUT2D eigenvalue weighted by Gasteiger charge is -2.10. The summed E-state index contributed by atoms with van der Waals surface area (Å²) in [6.07, 6.45) is 0. The highest BCUT2D eigenvalue weighted by atomic mass is 32.1. The van der Waals surface area contributed by atoms with Crippen LogP contribution in [-0.4, -0.2) is 11.8 Å². The van der Waals surface area contributed by atoms with Gasteiger partial charge in [0.05, 0.1) is 11.1 Å². The van der Waals surface area contributed by atoms with Crippen LogP contribution in [0.1, 0.15) is 31.8 Å². The Balaban J connectivity index is 1.55. The first-order valence-electron chi connectivity index (χ1n) is 9.03. The van der Waals surface area contributed by atoms with E-state index in [-0.39, 0.29) is 11.8 Å². The number of hydrogen-bond donors (Lipinski definition) is 6. The SMILES string of the molecule is O=C(NCc1ccc(CNC(=O)c2cccc(S)c2S)cc1)c1cccc(S)c1S. The molecule has 8 heteroatoms. The predicted molar refractivity (Wildman–Crippen MR) is 131 cm³/mol. The number of hydrogen-bond acceptors (Lipinski definition) is 6. The van der Waals surface area contributed by atoms with Crippen molar-refractivity contribution in [1.82, 2.24) is 10.6 Å². The zero-order valence-electron chi connectivity index (χ0n) is 15.8. The standard InChI is InChI=1S/C22H20N2O2S4/c25-21(15-3-1-5-17(27)19(15)29)23-11-13-7-9-14(10-8-13)12-24-22(26)16-4-2-6-18(28)20(16)30/h1-10,27-30H,11-12H2,(H,23,25)(H,24,26). The third-order valence-corrected chi connectivity index (χ3v) is 6.51. The number of nitrogens with one attached hydrogen (secondary N) is 2. The average Bonchev–Trinajstić information content (AvgIpc) is 2.75. The van der Waals surface area contributed by atoms with Crippen LogP contribution in [-0.2, 0) is 13.1 Å². The van der Waals surface area contributed by atoms with Gasteiger partial charge in [-0.3, -0.25) is 9.59 Å². The molecule has 3 rings (SSSR count). The Morgan fingerprint density at radius 2 is 0.967 bits per heavy atom. The van der Waals surface area contributed by atoms with E-state index in [2.05, 4.69) is 61.1 Å². The van der Waals surface area contributed by atoms with Gasteiger partial charge >= 0.3 is 0 Å². The van der Waals surface area contributed by atoms with Crippen LogP contribution in [0.5, 0.6) is 0 Å². The summed E-state index contributed by atoms with van der Waals surface area (Å²) < 4.78 is 0. The first kappa shape index (κ1) is 22.7. The summed E-state index contributed by atoms with van der Waals surface area (Å²) in [5, 5.41) is 5.76. The maximum Gasteiger partial charge on any atom is 0.252 e. The van der Waals surface area contributed by atoms with Gasteiger partial charge in [-0.2, -0.15) is 0 Å². The van der Waals surface area contributed by atoms with Crippen LogP contribution in [0.4, 0.5) is 0 Å². The number of thiol groups is 4. The van der Waals surface area contributed by atoms with Gasteiger partial charge in [-0.05, 0) is 35.4 Å². The molecule has 0 spiro atoms. The lowest BCUT2D eigenvalue weighted by molar-refractivity contribution is 0.0939. The molecule has 0 aliphatic rings. The van der Waals surface area contributed by atoms with E-state index in [0.717, 1.165) is 11.1 Å². The third kappa shape index (κ3) is 5.57. The molecule has 0 radical (unpaired) electrons. The second kappa shape index (κ2) is 10.3. The second-order valence-electron chi connectivity index (χ2n) is 6.53. The molecule has 154 valence electrons. The largest absolute Gasteiger partial charge is 0.348 e. The highest BCUT2D eigenvalue weighted by Crippen LogP contribution is 2.23. The Morgan fingerprint density at radius 1 is 0.600 bits per heavy atom. The van der Waals surface area contributed by atoms with Crippen molar-refractivity contribution in [3.63, 3.8) is 0 Å². The van der Waals surface area contributed by atoms with Crippen molar-refractivity contribution in [2.45, 2.75) is 32.7 Å². The Hall–Kier alpha value is -2.00. The van der Waals surface area contributed by atoms with Gasteiger partial charge in [0.25, 0.3) is 11.8 Å². The second-order valence-corrected chi connectivity index (χ2v) is 8.39. The molecule has 3 aromatic rings. The summed E-state index contributed by atoms with van der Waals surface area (Å²) in [5.74, 6) is -0.414. The quantitative estimate of drug-likeness (QED) is 0.295. The minimum Gasteiger partial charge on any atom is -0.348 e. The molecule has 0 aliphatic heterocycles. The molecular weight excluding hydrogens is 453 g/mol. The zero-order chi connectivity index (χ0) is 21.7. The Bertz CT molecular complexity index is 998. The Morgan fingerprint density at radius 3 is 1.33 bits per heavy atom. The lowest BCUT2D eigenvalue weighted by Crippen LogP contribution is -2.24. The molecular formula is C22H20N2O2S4. The Kier molecular flexibility index (Phi) is 7.82. The van der Waals surface area contributed by atoms with Gasteiger partial charge in [-0.25, -0.2) is 0 Å². The van der Waals surface area contributed by atoms with Gasteiger partial charge < -0.3 is 10.6 Å². The van der Waals surface area contributed by atoms with E-state index in [4.69, 9.17) is 0 Å². The summed E-state index contributed by atoms with van der Waals surface area (Å²) in [4.78, 5) is 27.2. The van der Waals surface area contributed by atoms with E-state index < -0.39 is 0 Å². The number of benzene rings is 3. The van der Waals surface area contributed by atoms with Gasteiger partial charge in [-0.15, -0.1) is 50.5 Å². The van der Waals surface area contributed by atoms with E-state index in [0.29, 0.717) is 43.8 Å². The summed E-state index contributed by atoms with van der Waals surface area (Å²) in [7, 11) is 0. The first-order chi connectivity index (χ1) is 14.4. The summed E-state index contributed by atoms with van der Waals surface area (Å²) in [6, 6.07) is 18.2. The molecule has 0 saturated carbocycles. The minimum absolute atomic E-state index is 0.207. The number of carbonyl (C=O) groups is 2. The van der Waals surface area contributed by atoms with Gasteiger partial charge in [-0.1, -0.05) is 36.4 Å². The summed E-state index contributed by atoms with van der Waals surface area (Å²) >= 11 is 17.3. The van der Waals surface area contributed by atoms with Gasteiger partial charge in [0.15, 0.2) is 0 Å². The highest BCUT2D eigenvalue weighted by molar-refractivity contribution is 7.84. The van der Waals surface area contributed by atoms with Gasteiger partial charge in [0.1, 0.15) is 0 Å². The minimum atomic E-state index is -0.207. The van der Waals surface area contributed by atoms with Crippen LogP contribution in [0.3, 0.4) is 0 Å². The first-order valence-corrected chi connectivity index (χ1v) is 10.8. The predicted octanol–water partition coefficient (Wildman–Crippen LogP) is 4.70. The van der Waals surface area contributed by atoms with Crippen LogP contribution in [0.2, 0.25) is 0 Å². The lowest BCUT2D eigenvalue weighted by atomic mass is 10.1. The van der Waals surface area contributed by atoms with Crippen LogP contribution < -0.4 is 10.6 Å². The van der Waals surface area contributed by atoms with Gasteiger partial charge in [0, 0.05) is 32.7 Å². The topological polar surface area (TPSA) is 58.2 Å². The molecule has 2 amide bonds. The van der Waals surface area contributed by atoms with E-state index in [1.165, 1.54) is 0 Å². The fourth-order valence-corrected chi connectivity index (χ4v) is 3.67. The molecule has 4 nitrogen and oxygen atoms in total. The molecule has 0 atom stereocenters. The normalized spacial score (nSPS) is 10.5. The van der Waals surface area contributed by atoms with E-state index in [1.807, 2.05) is 24.3 Å². The van der Waals surface area contributed by atoms with Gasteiger partial charge in [0.2, 0.25) is 0 Å². The van der Waals surface area contributed by atoms with E-state index in [9.17, 15) is 9.59 Å². The smallest absolute Gasteiger partial charge is 0.252 e. The number of amides is 2. The number of rotatable bonds is 6.